The number of hydrogen-bond donors (Lipinski definition) is 1. The Hall–Kier alpha value is -0.360. The summed E-state index contributed by atoms with van der Waals surface area (Å²) in [7, 11) is 3.59. The van der Waals surface area contributed by atoms with Gasteiger partial charge < -0.3 is 9.84 Å². The van der Waals surface area contributed by atoms with Crippen molar-refractivity contribution in [2.24, 2.45) is 0 Å². The molecule has 64 valence electrons. The molecular weight excluding hydrogens is 188 g/mol. The minimum atomic E-state index is -0.882. The van der Waals surface area contributed by atoms with Crippen molar-refractivity contribution in [2.45, 2.75) is 0 Å². The maximum atomic E-state index is 10.5. The number of carboxylic acids is 1. The largest absolute Gasteiger partial charge is 0.481 e. The topological polar surface area (TPSA) is 63.6 Å². The van der Waals surface area contributed by atoms with Crippen LogP contribution in [0.15, 0.2) is 0 Å². The Morgan fingerprint density at radius 1 is 1.36 bits per heavy atom. The van der Waals surface area contributed by atoms with E-state index in [9.17, 15) is 9.59 Å². The van der Waals surface area contributed by atoms with Gasteiger partial charge in [0.2, 0.25) is 0 Å². The van der Waals surface area contributed by atoms with Crippen LogP contribution in [-0.2, 0) is 14.3 Å². The average Bonchev–Trinajstić information content (AvgIpc) is 1.97. The Kier molecular flexibility index (Phi) is 6.15. The number of carbonyl (C=O) groups excluding carboxylic acids is 1. The molecule has 0 radical (unpaired) electrons. The van der Waals surface area contributed by atoms with E-state index in [0.717, 1.165) is 10.8 Å². The SMILES string of the molecule is COC(=O)CSSCC(=O)O. The molecule has 0 rings (SSSR count). The minimum absolute atomic E-state index is 0.00165. The smallest absolute Gasteiger partial charge is 0.316 e. The maximum absolute atomic E-state index is 10.5. The second-order valence-electron chi connectivity index (χ2n) is 1.49. The van der Waals surface area contributed by atoms with Crippen LogP contribution in [-0.4, -0.2) is 35.7 Å². The van der Waals surface area contributed by atoms with Crippen molar-refractivity contribution in [1.82, 2.24) is 0 Å². The Labute approximate surface area is 72.1 Å². The van der Waals surface area contributed by atoms with Crippen molar-refractivity contribution in [3.8, 4) is 0 Å². The van der Waals surface area contributed by atoms with E-state index in [1.54, 1.807) is 0 Å². The molecule has 0 saturated carbocycles. The van der Waals surface area contributed by atoms with Crippen LogP contribution in [0.2, 0.25) is 0 Å². The molecule has 11 heavy (non-hydrogen) atoms. The Morgan fingerprint density at radius 2 is 1.91 bits per heavy atom. The molecule has 0 bridgehead atoms. The zero-order chi connectivity index (χ0) is 8.69. The molecule has 0 heterocycles. The van der Waals surface area contributed by atoms with Crippen LogP contribution in [0.1, 0.15) is 0 Å². The highest BCUT2D eigenvalue weighted by atomic mass is 33.1. The lowest BCUT2D eigenvalue weighted by molar-refractivity contribution is -0.137. The van der Waals surface area contributed by atoms with Crippen LogP contribution in [0.5, 0.6) is 0 Å². The van der Waals surface area contributed by atoms with E-state index >= 15 is 0 Å². The molecule has 0 saturated heterocycles. The third kappa shape index (κ3) is 7.54. The molecule has 0 atom stereocenters. The van der Waals surface area contributed by atoms with Crippen LogP contribution in [0.3, 0.4) is 0 Å². The maximum Gasteiger partial charge on any atom is 0.316 e. The summed E-state index contributed by atoms with van der Waals surface area (Å²) >= 11 is 0. The van der Waals surface area contributed by atoms with E-state index < -0.39 is 5.97 Å². The van der Waals surface area contributed by atoms with Crippen molar-refractivity contribution >= 4 is 33.5 Å². The van der Waals surface area contributed by atoms with E-state index in [-0.39, 0.29) is 17.5 Å². The number of aliphatic carboxylic acids is 1. The van der Waals surface area contributed by atoms with Gasteiger partial charge in [0.25, 0.3) is 0 Å². The van der Waals surface area contributed by atoms with Crippen molar-refractivity contribution in [3.05, 3.63) is 0 Å². The number of carboxylic acid groups (broad SMARTS) is 1. The van der Waals surface area contributed by atoms with Crippen LogP contribution in [0, 0.1) is 0 Å². The van der Waals surface area contributed by atoms with E-state index in [0.29, 0.717) is 0 Å². The first-order chi connectivity index (χ1) is 5.16. The third-order valence-electron chi connectivity index (χ3n) is 0.670. The summed E-state index contributed by atoms with van der Waals surface area (Å²) in [5.74, 6) is -1.03. The lowest BCUT2D eigenvalue weighted by atomic mass is 10.8. The summed E-state index contributed by atoms with van der Waals surface area (Å²) in [4.78, 5) is 20.4. The van der Waals surface area contributed by atoms with E-state index in [1.807, 2.05) is 0 Å². The molecule has 0 spiro atoms. The Bertz CT molecular complexity index is 147. The van der Waals surface area contributed by atoms with Crippen LogP contribution < -0.4 is 0 Å². The van der Waals surface area contributed by atoms with Gasteiger partial charge in [-0.25, -0.2) is 0 Å². The molecule has 0 aliphatic heterocycles. The molecular formula is C5H8O4S2. The molecule has 6 heteroatoms. The Balaban J connectivity index is 3.14. The highest BCUT2D eigenvalue weighted by Gasteiger charge is 2.02. The summed E-state index contributed by atoms with van der Waals surface area (Å²) < 4.78 is 4.34. The zero-order valence-corrected chi connectivity index (χ0v) is 7.54. The molecule has 4 nitrogen and oxygen atoms in total. The minimum Gasteiger partial charge on any atom is -0.481 e. The standard InChI is InChI=1S/C5H8O4S2/c1-9-5(8)3-11-10-2-4(6)7/h2-3H2,1H3,(H,6,7). The first-order valence-corrected chi connectivity index (χ1v) is 5.18. The van der Waals surface area contributed by atoms with Crippen LogP contribution in [0.25, 0.3) is 0 Å². The van der Waals surface area contributed by atoms with E-state index in [2.05, 4.69) is 4.74 Å². The molecule has 0 aliphatic rings. The summed E-state index contributed by atoms with van der Waals surface area (Å²) in [6.07, 6.45) is 0. The molecule has 0 aromatic carbocycles. The Morgan fingerprint density at radius 3 is 2.36 bits per heavy atom. The molecule has 0 aliphatic carbocycles. The molecule has 0 fully saturated rings. The molecule has 0 aromatic heterocycles. The van der Waals surface area contributed by atoms with Gasteiger partial charge in [-0.1, -0.05) is 21.6 Å². The number of carbonyl (C=O) groups is 2. The van der Waals surface area contributed by atoms with Crippen molar-refractivity contribution in [3.63, 3.8) is 0 Å². The quantitative estimate of drug-likeness (QED) is 0.395. The lowest BCUT2D eigenvalue weighted by Crippen LogP contribution is -2.03. The fourth-order valence-electron chi connectivity index (χ4n) is 0.241. The number of methoxy groups -OCH3 is 1. The zero-order valence-electron chi connectivity index (χ0n) is 5.90. The van der Waals surface area contributed by atoms with Crippen LogP contribution in [0.4, 0.5) is 0 Å². The van der Waals surface area contributed by atoms with Gasteiger partial charge in [0.05, 0.1) is 7.11 Å². The van der Waals surface area contributed by atoms with Crippen molar-refractivity contribution < 1.29 is 19.4 Å². The van der Waals surface area contributed by atoms with Crippen molar-refractivity contribution in [2.75, 3.05) is 18.6 Å². The highest BCUT2D eigenvalue weighted by Crippen LogP contribution is 2.20. The lowest BCUT2D eigenvalue weighted by Gasteiger charge is -1.96. The average molecular weight is 196 g/mol. The number of ether oxygens (including phenoxy) is 1. The highest BCUT2D eigenvalue weighted by molar-refractivity contribution is 8.77. The van der Waals surface area contributed by atoms with Gasteiger partial charge in [0.15, 0.2) is 0 Å². The normalized spacial score (nSPS) is 9.18. The van der Waals surface area contributed by atoms with Crippen LogP contribution >= 0.6 is 21.6 Å². The summed E-state index contributed by atoms with van der Waals surface area (Å²) in [5, 5.41) is 8.19. The molecule has 0 unspecified atom stereocenters. The van der Waals surface area contributed by atoms with E-state index in [4.69, 9.17) is 5.11 Å². The van der Waals surface area contributed by atoms with Gasteiger partial charge in [-0.05, 0) is 0 Å². The number of esters is 1. The van der Waals surface area contributed by atoms with Gasteiger partial charge >= 0.3 is 11.9 Å². The predicted molar refractivity (Wildman–Crippen MR) is 44.6 cm³/mol. The number of rotatable bonds is 5. The van der Waals surface area contributed by atoms with Gasteiger partial charge in [0, 0.05) is 0 Å². The number of hydrogen-bond acceptors (Lipinski definition) is 5. The summed E-state index contributed by atoms with van der Waals surface area (Å²) in [6.45, 7) is 0. The fraction of sp³-hybridized carbons (Fsp3) is 0.600. The van der Waals surface area contributed by atoms with Gasteiger partial charge in [-0.3, -0.25) is 9.59 Å². The summed E-state index contributed by atoms with van der Waals surface area (Å²) in [5.41, 5.74) is 0. The first kappa shape index (κ1) is 10.6. The molecule has 0 aromatic rings. The van der Waals surface area contributed by atoms with Gasteiger partial charge in [-0.2, -0.15) is 0 Å². The molecule has 0 amide bonds. The predicted octanol–water partition coefficient (Wildman–Crippen LogP) is 0.625. The second-order valence-corrected chi connectivity index (χ2v) is 3.96. The van der Waals surface area contributed by atoms with Gasteiger partial charge in [-0.15, -0.1) is 0 Å². The van der Waals surface area contributed by atoms with Crippen molar-refractivity contribution in [1.29, 1.82) is 0 Å². The summed E-state index contributed by atoms with van der Waals surface area (Å²) in [6, 6.07) is 0. The monoisotopic (exact) mass is 196 g/mol. The second kappa shape index (κ2) is 6.36. The van der Waals surface area contributed by atoms with Gasteiger partial charge in [0.1, 0.15) is 11.5 Å². The molecule has 1 N–H and O–H groups in total. The van der Waals surface area contributed by atoms with E-state index in [1.165, 1.54) is 17.9 Å². The fourth-order valence-corrected chi connectivity index (χ4v) is 1.81. The first-order valence-electron chi connectivity index (χ1n) is 2.70. The third-order valence-corrected chi connectivity index (χ3v) is 2.76.